The van der Waals surface area contributed by atoms with Crippen LogP contribution in [0.25, 0.3) is 0 Å². The van der Waals surface area contributed by atoms with Gasteiger partial charge in [0.05, 0.1) is 0 Å². The van der Waals surface area contributed by atoms with E-state index >= 15 is 0 Å². The van der Waals surface area contributed by atoms with Gasteiger partial charge < -0.3 is 4.74 Å². The summed E-state index contributed by atoms with van der Waals surface area (Å²) in [6, 6.07) is 7.97. The number of aromatic amines is 1. The average Bonchev–Trinajstić information content (AvgIpc) is 2.30. The summed E-state index contributed by atoms with van der Waals surface area (Å²) in [6.07, 6.45) is 0. The van der Waals surface area contributed by atoms with Crippen LogP contribution in [0.2, 0.25) is 10.0 Å². The van der Waals surface area contributed by atoms with Gasteiger partial charge in [-0.25, -0.2) is 5.10 Å². The summed E-state index contributed by atoms with van der Waals surface area (Å²) in [5.41, 5.74) is 0.519. The van der Waals surface area contributed by atoms with Crippen LogP contribution < -0.4 is 10.3 Å². The van der Waals surface area contributed by atoms with Crippen molar-refractivity contribution in [2.24, 2.45) is 0 Å². The zero-order valence-electron chi connectivity index (χ0n) is 8.61. The van der Waals surface area contributed by atoms with Gasteiger partial charge in [-0.05, 0) is 12.1 Å². The Morgan fingerprint density at radius 2 is 2.06 bits per heavy atom. The molecule has 1 heterocycles. The van der Waals surface area contributed by atoms with Crippen LogP contribution in [-0.2, 0) is 6.61 Å². The minimum Gasteiger partial charge on any atom is -0.472 e. The first-order valence-electron chi connectivity index (χ1n) is 4.77. The number of halogens is 2. The molecule has 1 aromatic heterocycles. The van der Waals surface area contributed by atoms with Crippen molar-refractivity contribution >= 4 is 23.2 Å². The Labute approximate surface area is 107 Å². The summed E-state index contributed by atoms with van der Waals surface area (Å²) in [5.74, 6) is 0.329. The summed E-state index contributed by atoms with van der Waals surface area (Å²) >= 11 is 11.8. The predicted molar refractivity (Wildman–Crippen MR) is 65.7 cm³/mol. The fourth-order valence-electron chi connectivity index (χ4n) is 1.20. The monoisotopic (exact) mass is 270 g/mol. The minimum atomic E-state index is -0.276. The number of benzene rings is 1. The molecule has 2 rings (SSSR count). The second kappa shape index (κ2) is 5.21. The smallest absolute Gasteiger partial charge is 0.264 e. The fraction of sp³-hybridized carbons (Fsp3) is 0.0909. The lowest BCUT2D eigenvalue weighted by Crippen LogP contribution is -2.07. The van der Waals surface area contributed by atoms with E-state index in [1.54, 1.807) is 18.2 Å². The van der Waals surface area contributed by atoms with E-state index in [1.165, 1.54) is 12.1 Å². The predicted octanol–water partition coefficient (Wildman–Crippen LogP) is 2.66. The zero-order chi connectivity index (χ0) is 12.3. The molecule has 1 aromatic carbocycles. The van der Waals surface area contributed by atoms with Crippen LogP contribution in [-0.4, -0.2) is 10.2 Å². The quantitative estimate of drug-likeness (QED) is 0.933. The van der Waals surface area contributed by atoms with Crippen molar-refractivity contribution in [1.82, 2.24) is 10.2 Å². The Kier molecular flexibility index (Phi) is 3.66. The van der Waals surface area contributed by atoms with E-state index in [1.807, 2.05) is 0 Å². The Balaban J connectivity index is 2.07. The van der Waals surface area contributed by atoms with Gasteiger partial charge in [-0.2, -0.15) is 0 Å². The number of ether oxygens (including phenoxy) is 1. The molecule has 0 fully saturated rings. The molecule has 4 nitrogen and oxygen atoms in total. The van der Waals surface area contributed by atoms with Crippen molar-refractivity contribution in [1.29, 1.82) is 0 Å². The van der Waals surface area contributed by atoms with Gasteiger partial charge in [-0.1, -0.05) is 29.3 Å². The number of hydrogen-bond donors (Lipinski definition) is 1. The minimum absolute atomic E-state index is 0.259. The molecular formula is C11H8Cl2N2O2. The first-order chi connectivity index (χ1) is 8.15. The van der Waals surface area contributed by atoms with Gasteiger partial charge >= 0.3 is 0 Å². The molecule has 0 amide bonds. The van der Waals surface area contributed by atoms with Crippen LogP contribution in [0.3, 0.4) is 0 Å². The highest BCUT2D eigenvalue weighted by molar-refractivity contribution is 6.35. The SMILES string of the molecule is O=c1ccc(OCc2ccc(Cl)cc2Cl)n[nH]1. The molecule has 0 radical (unpaired) electrons. The van der Waals surface area contributed by atoms with Gasteiger partial charge in [0, 0.05) is 27.7 Å². The standard InChI is InChI=1S/C11H8Cl2N2O2/c12-8-2-1-7(9(13)5-8)6-17-11-4-3-10(16)14-15-11/h1-5H,6H2,(H,14,16). The van der Waals surface area contributed by atoms with Crippen LogP contribution in [0, 0.1) is 0 Å². The summed E-state index contributed by atoms with van der Waals surface area (Å²) in [4.78, 5) is 10.8. The molecule has 0 saturated heterocycles. The first-order valence-corrected chi connectivity index (χ1v) is 5.53. The maximum Gasteiger partial charge on any atom is 0.264 e. The molecule has 0 unspecified atom stereocenters. The van der Waals surface area contributed by atoms with Gasteiger partial charge in [0.25, 0.3) is 5.56 Å². The van der Waals surface area contributed by atoms with Gasteiger partial charge in [-0.15, -0.1) is 5.10 Å². The molecule has 0 saturated carbocycles. The van der Waals surface area contributed by atoms with Crippen molar-refractivity contribution in [3.05, 3.63) is 56.3 Å². The van der Waals surface area contributed by atoms with Gasteiger partial charge in [0.1, 0.15) is 6.61 Å². The largest absolute Gasteiger partial charge is 0.472 e. The van der Waals surface area contributed by atoms with Gasteiger partial charge in [0.2, 0.25) is 5.88 Å². The molecule has 1 N–H and O–H groups in total. The average molecular weight is 271 g/mol. The molecule has 6 heteroatoms. The van der Waals surface area contributed by atoms with E-state index in [-0.39, 0.29) is 12.2 Å². The van der Waals surface area contributed by atoms with E-state index in [0.717, 1.165) is 5.56 Å². The van der Waals surface area contributed by atoms with Crippen molar-refractivity contribution in [2.45, 2.75) is 6.61 Å². The number of nitrogens with zero attached hydrogens (tertiary/aromatic N) is 1. The number of hydrogen-bond acceptors (Lipinski definition) is 3. The maximum absolute atomic E-state index is 10.8. The molecule has 88 valence electrons. The van der Waals surface area contributed by atoms with Gasteiger partial charge in [-0.3, -0.25) is 4.79 Å². The van der Waals surface area contributed by atoms with E-state index in [0.29, 0.717) is 15.9 Å². The Hall–Kier alpha value is -1.52. The first kappa shape index (κ1) is 12.0. The lowest BCUT2D eigenvalue weighted by molar-refractivity contribution is 0.290. The molecule has 0 aliphatic carbocycles. The molecule has 0 spiro atoms. The summed E-state index contributed by atoms with van der Waals surface area (Å²) in [5, 5.41) is 7.09. The normalized spacial score (nSPS) is 10.2. The van der Waals surface area contributed by atoms with Crippen LogP contribution in [0.1, 0.15) is 5.56 Å². The van der Waals surface area contributed by atoms with Crippen molar-refractivity contribution < 1.29 is 4.74 Å². The molecule has 0 aliphatic rings. The van der Waals surface area contributed by atoms with E-state index in [4.69, 9.17) is 27.9 Å². The van der Waals surface area contributed by atoms with E-state index < -0.39 is 0 Å². The highest BCUT2D eigenvalue weighted by Crippen LogP contribution is 2.21. The highest BCUT2D eigenvalue weighted by Gasteiger charge is 2.03. The molecule has 0 aliphatic heterocycles. The molecule has 17 heavy (non-hydrogen) atoms. The Morgan fingerprint density at radius 1 is 1.24 bits per heavy atom. The third kappa shape index (κ3) is 3.22. The highest BCUT2D eigenvalue weighted by atomic mass is 35.5. The second-order valence-electron chi connectivity index (χ2n) is 3.28. The van der Waals surface area contributed by atoms with E-state index in [2.05, 4.69) is 10.2 Å². The van der Waals surface area contributed by atoms with Crippen LogP contribution in [0.5, 0.6) is 5.88 Å². The van der Waals surface area contributed by atoms with Crippen LogP contribution >= 0.6 is 23.2 Å². The van der Waals surface area contributed by atoms with Gasteiger partial charge in [0.15, 0.2) is 0 Å². The molecule has 0 bridgehead atoms. The molecule has 2 aromatic rings. The molecule has 0 atom stereocenters. The summed E-state index contributed by atoms with van der Waals surface area (Å²) in [6.45, 7) is 0.259. The lowest BCUT2D eigenvalue weighted by Gasteiger charge is -2.06. The van der Waals surface area contributed by atoms with Crippen molar-refractivity contribution in [3.8, 4) is 5.88 Å². The zero-order valence-corrected chi connectivity index (χ0v) is 10.1. The number of aromatic nitrogens is 2. The lowest BCUT2D eigenvalue weighted by atomic mass is 10.2. The number of H-pyrrole nitrogens is 1. The van der Waals surface area contributed by atoms with Crippen molar-refractivity contribution in [3.63, 3.8) is 0 Å². The summed E-state index contributed by atoms with van der Waals surface area (Å²) in [7, 11) is 0. The number of rotatable bonds is 3. The third-order valence-corrected chi connectivity index (χ3v) is 2.63. The number of nitrogens with one attached hydrogen (secondary N) is 1. The maximum atomic E-state index is 10.8. The Bertz CT molecular complexity index is 563. The van der Waals surface area contributed by atoms with Crippen LogP contribution in [0.15, 0.2) is 35.1 Å². The molecular weight excluding hydrogens is 263 g/mol. The third-order valence-electron chi connectivity index (χ3n) is 2.04. The Morgan fingerprint density at radius 3 is 2.71 bits per heavy atom. The summed E-state index contributed by atoms with van der Waals surface area (Å²) < 4.78 is 5.36. The van der Waals surface area contributed by atoms with Crippen LogP contribution in [0.4, 0.5) is 0 Å². The van der Waals surface area contributed by atoms with E-state index in [9.17, 15) is 4.79 Å². The second-order valence-corrected chi connectivity index (χ2v) is 4.13. The fourth-order valence-corrected chi connectivity index (χ4v) is 1.67. The topological polar surface area (TPSA) is 55.0 Å². The van der Waals surface area contributed by atoms with Crippen molar-refractivity contribution in [2.75, 3.05) is 0 Å².